The van der Waals surface area contributed by atoms with Gasteiger partial charge in [-0.1, -0.05) is 18.1 Å². The highest BCUT2D eigenvalue weighted by molar-refractivity contribution is 14.1. The summed E-state index contributed by atoms with van der Waals surface area (Å²) in [6.45, 7) is 0.445. The van der Waals surface area contributed by atoms with E-state index in [0.717, 1.165) is 5.75 Å². The van der Waals surface area contributed by atoms with Gasteiger partial charge in [0.1, 0.15) is 12.4 Å². The van der Waals surface area contributed by atoms with E-state index in [1.54, 1.807) is 6.07 Å². The maximum absolute atomic E-state index is 5.24. The molecule has 1 aromatic rings. The lowest BCUT2D eigenvalue weighted by Gasteiger charge is -1.98. The van der Waals surface area contributed by atoms with E-state index in [2.05, 4.69) is 15.9 Å². The van der Waals surface area contributed by atoms with Gasteiger partial charge in [-0.3, -0.25) is 0 Å². The average molecular weight is 257 g/mol. The molecule has 0 amide bonds. The lowest BCUT2D eigenvalue weighted by Crippen LogP contribution is -1.92. The molecule has 0 saturated heterocycles. The second-order valence-electron chi connectivity index (χ2n) is 1.80. The molecule has 0 atom stereocenters. The summed E-state index contributed by atoms with van der Waals surface area (Å²) in [4.78, 5) is 0. The molecule has 0 aliphatic rings. The number of rotatable bonds is 2. The molecule has 0 aliphatic heterocycles. The topological polar surface area (TPSA) is 9.23 Å². The maximum Gasteiger partial charge on any atom is 0.149 e. The smallest absolute Gasteiger partial charge is 0.149 e. The fourth-order valence-corrected chi connectivity index (χ4v) is 0.769. The van der Waals surface area contributed by atoms with Gasteiger partial charge in [0.05, 0.1) is 0 Å². The summed E-state index contributed by atoms with van der Waals surface area (Å²) < 4.78 is 7.96. The van der Waals surface area contributed by atoms with Crippen LogP contribution in [-0.2, 0) is 0 Å². The van der Waals surface area contributed by atoms with Crippen LogP contribution in [-0.4, -0.2) is 6.61 Å². The predicted molar refractivity (Wildman–Crippen MR) is 52.6 cm³/mol. The fraction of sp³-hybridized carbons (Fsp3) is 0.111. The van der Waals surface area contributed by atoms with Crippen LogP contribution in [0.3, 0.4) is 0 Å². The largest absolute Gasteiger partial charge is 0.481 e. The third-order valence-electron chi connectivity index (χ3n) is 1.06. The van der Waals surface area contributed by atoms with E-state index in [1.165, 1.54) is 0 Å². The molecule has 0 unspecified atom stereocenters. The Labute approximate surface area is 79.9 Å². The van der Waals surface area contributed by atoms with Gasteiger partial charge in [-0.05, 0) is 22.1 Å². The van der Waals surface area contributed by atoms with E-state index < -0.39 is 0 Å². The van der Waals surface area contributed by atoms with Crippen LogP contribution in [0.25, 0.3) is 0 Å². The highest BCUT2D eigenvalue weighted by Crippen LogP contribution is 2.06. The first kappa shape index (κ1) is 8.41. The Morgan fingerprint density at radius 3 is 3.18 bits per heavy atom. The Hall–Kier alpha value is -0.690. The van der Waals surface area contributed by atoms with Crippen LogP contribution in [0, 0.1) is 15.9 Å². The fourth-order valence-electron chi connectivity index (χ4n) is 0.613. The zero-order valence-electron chi connectivity index (χ0n) is 5.80. The minimum Gasteiger partial charge on any atom is -0.481 e. The Morgan fingerprint density at radius 1 is 1.64 bits per heavy atom. The summed E-state index contributed by atoms with van der Waals surface area (Å²) in [7, 11) is 0. The first-order valence-electron chi connectivity index (χ1n) is 3.11. The first-order chi connectivity index (χ1) is 5.43. The molecule has 0 bridgehead atoms. The van der Waals surface area contributed by atoms with Crippen molar-refractivity contribution in [2.75, 3.05) is 6.61 Å². The second-order valence-corrected chi connectivity index (χ2v) is 2.34. The number of ether oxygens (including phenoxy) is 1. The van der Waals surface area contributed by atoms with Crippen molar-refractivity contribution in [2.24, 2.45) is 0 Å². The van der Waals surface area contributed by atoms with Crippen molar-refractivity contribution in [1.82, 2.24) is 0 Å². The van der Waals surface area contributed by atoms with Crippen LogP contribution < -0.4 is 4.74 Å². The molecule has 11 heavy (non-hydrogen) atoms. The predicted octanol–water partition coefficient (Wildman–Crippen LogP) is 2.26. The van der Waals surface area contributed by atoms with Crippen molar-refractivity contribution in [3.05, 3.63) is 30.3 Å². The van der Waals surface area contributed by atoms with Crippen LogP contribution in [0.4, 0.5) is 0 Å². The van der Waals surface area contributed by atoms with Gasteiger partial charge in [0.15, 0.2) is 0 Å². The molecule has 1 aromatic carbocycles. The third kappa shape index (κ3) is 3.28. The summed E-state index contributed by atoms with van der Waals surface area (Å²) in [5, 5.41) is 0. The van der Waals surface area contributed by atoms with Crippen molar-refractivity contribution >= 4 is 22.6 Å². The molecule has 0 heterocycles. The van der Waals surface area contributed by atoms with Crippen LogP contribution in [0.5, 0.6) is 5.75 Å². The second kappa shape index (κ2) is 5.03. The minimum absolute atomic E-state index is 0.445. The highest BCUT2D eigenvalue weighted by atomic mass is 127. The first-order valence-corrected chi connectivity index (χ1v) is 4.19. The summed E-state index contributed by atoms with van der Waals surface area (Å²) in [6, 6.07) is 10.3. The zero-order valence-corrected chi connectivity index (χ0v) is 7.96. The van der Waals surface area contributed by atoms with Crippen molar-refractivity contribution in [3.8, 4) is 15.6 Å². The van der Waals surface area contributed by atoms with Gasteiger partial charge in [0.25, 0.3) is 0 Å². The lowest BCUT2D eigenvalue weighted by molar-refractivity contribution is 0.370. The molecule has 55 valence electrons. The molecular weight excluding hydrogens is 251 g/mol. The van der Waals surface area contributed by atoms with Crippen molar-refractivity contribution in [2.45, 2.75) is 0 Å². The van der Waals surface area contributed by atoms with E-state index in [1.807, 2.05) is 40.8 Å². The van der Waals surface area contributed by atoms with Crippen molar-refractivity contribution in [1.29, 1.82) is 0 Å². The average Bonchev–Trinajstić information content (AvgIpc) is 2.07. The SMILES string of the molecule is IC#CCOc1c[c]ccc1. The van der Waals surface area contributed by atoms with Gasteiger partial charge in [-0.25, -0.2) is 0 Å². The standard InChI is InChI=1S/C9H6IO/c10-7-4-8-11-9-5-2-1-3-6-9/h1-2,5-6H,8H2. The molecule has 0 aromatic heterocycles. The third-order valence-corrected chi connectivity index (χ3v) is 1.44. The van der Waals surface area contributed by atoms with Gasteiger partial charge in [0, 0.05) is 22.6 Å². The van der Waals surface area contributed by atoms with E-state index in [-0.39, 0.29) is 0 Å². The summed E-state index contributed by atoms with van der Waals surface area (Å²) >= 11 is 1.98. The number of hydrogen-bond acceptors (Lipinski definition) is 1. The van der Waals surface area contributed by atoms with Crippen molar-refractivity contribution < 1.29 is 4.74 Å². The minimum atomic E-state index is 0.445. The zero-order chi connectivity index (χ0) is 7.94. The molecule has 2 heteroatoms. The Morgan fingerprint density at radius 2 is 2.55 bits per heavy atom. The molecule has 1 radical (unpaired) electrons. The van der Waals surface area contributed by atoms with E-state index in [0.29, 0.717) is 6.61 Å². The molecular formula is C9H6IO. The summed E-state index contributed by atoms with van der Waals surface area (Å²) in [6.07, 6.45) is 0. The van der Waals surface area contributed by atoms with Gasteiger partial charge in [0.2, 0.25) is 0 Å². The van der Waals surface area contributed by atoms with E-state index in [9.17, 15) is 0 Å². The molecule has 0 aliphatic carbocycles. The number of benzene rings is 1. The van der Waals surface area contributed by atoms with E-state index in [4.69, 9.17) is 4.74 Å². The Bertz CT molecular complexity index is 258. The van der Waals surface area contributed by atoms with Gasteiger partial charge in [-0.15, -0.1) is 0 Å². The normalized spacial score (nSPS) is 8.09. The maximum atomic E-state index is 5.24. The number of hydrogen-bond donors (Lipinski definition) is 0. The van der Waals surface area contributed by atoms with Crippen LogP contribution >= 0.6 is 22.6 Å². The van der Waals surface area contributed by atoms with Gasteiger partial charge >= 0.3 is 0 Å². The Balaban J connectivity index is 2.43. The van der Waals surface area contributed by atoms with Crippen LogP contribution in [0.1, 0.15) is 0 Å². The molecule has 0 fully saturated rings. The van der Waals surface area contributed by atoms with Crippen LogP contribution in [0.15, 0.2) is 24.3 Å². The monoisotopic (exact) mass is 257 g/mol. The summed E-state index contributed by atoms with van der Waals surface area (Å²) in [5.41, 5.74) is 0. The molecule has 0 saturated carbocycles. The summed E-state index contributed by atoms with van der Waals surface area (Å²) in [5.74, 6) is 3.61. The van der Waals surface area contributed by atoms with Crippen LogP contribution in [0.2, 0.25) is 0 Å². The molecule has 0 N–H and O–H groups in total. The van der Waals surface area contributed by atoms with Gasteiger partial charge < -0.3 is 4.74 Å². The molecule has 1 nitrogen and oxygen atoms in total. The Kier molecular flexibility index (Phi) is 3.84. The molecule has 0 spiro atoms. The van der Waals surface area contributed by atoms with E-state index >= 15 is 0 Å². The lowest BCUT2D eigenvalue weighted by atomic mass is 10.3. The number of halogens is 1. The van der Waals surface area contributed by atoms with Gasteiger partial charge in [-0.2, -0.15) is 0 Å². The highest BCUT2D eigenvalue weighted by Gasteiger charge is 1.86. The quantitative estimate of drug-likeness (QED) is 0.583. The van der Waals surface area contributed by atoms with Crippen molar-refractivity contribution in [3.63, 3.8) is 0 Å². The molecule has 1 rings (SSSR count).